The largest absolute Gasteiger partial charge is 0.449 e. The van der Waals surface area contributed by atoms with E-state index >= 15 is 0 Å². The van der Waals surface area contributed by atoms with Crippen molar-refractivity contribution in [3.63, 3.8) is 0 Å². The molecule has 0 saturated carbocycles. The fourth-order valence-electron chi connectivity index (χ4n) is 5.13. The molecule has 2 saturated heterocycles. The topological polar surface area (TPSA) is 146 Å². The first-order valence-corrected chi connectivity index (χ1v) is 10.9. The number of nitrogens with one attached hydrogen (secondary N) is 1. The Morgan fingerprint density at radius 3 is 2.77 bits per heavy atom. The number of piperazine rings is 1. The van der Waals surface area contributed by atoms with Gasteiger partial charge in [0, 0.05) is 30.1 Å². The molecule has 5 atom stereocenters. The average Bonchev–Trinajstić information content (AvgIpc) is 3.20. The first kappa shape index (κ1) is 20.3. The minimum Gasteiger partial charge on any atom is -0.449 e. The van der Waals surface area contributed by atoms with Crippen molar-refractivity contribution < 1.29 is 23.9 Å². The highest BCUT2D eigenvalue weighted by Gasteiger charge is 2.73. The molecule has 4 heterocycles. The summed E-state index contributed by atoms with van der Waals surface area (Å²) in [6.07, 6.45) is -0.948. The summed E-state index contributed by atoms with van der Waals surface area (Å²) >= 11 is 1.37. The van der Waals surface area contributed by atoms with E-state index in [2.05, 4.69) is 15.3 Å². The molecular formula is C20H23N5O5S. The smallest absolute Gasteiger partial charge is 0.404 e. The first-order chi connectivity index (χ1) is 14.7. The number of aryl methyl sites for hydroxylation is 2. The number of aliphatic imine (C=N–C) groups is 1. The number of carbonyl (C=O) groups excluding carboxylic acids is 3. The molecule has 1 aromatic heterocycles. The second-order valence-corrected chi connectivity index (χ2v) is 9.49. The third-order valence-electron chi connectivity index (χ3n) is 6.77. The van der Waals surface area contributed by atoms with E-state index < -0.39 is 23.7 Å². The van der Waals surface area contributed by atoms with E-state index in [0.29, 0.717) is 17.4 Å². The standard InChI is InChI=1S/C20H23N5O5S/c1-7-13(24-19-22-8(2)9(3)31-19)16(27)12-10(6-30-18(21)28)20(29-4)17-11(23-17)5-25(20)14(12)15(7)26/h7,10-11,17,23H,5-6H2,1-4H3,(H2,21,28). The number of primary amides is 1. The summed E-state index contributed by atoms with van der Waals surface area (Å²) in [7, 11) is 1.54. The molecule has 0 radical (unpaired) electrons. The van der Waals surface area contributed by atoms with E-state index in [1.54, 1.807) is 14.0 Å². The van der Waals surface area contributed by atoms with Crippen LogP contribution in [0.15, 0.2) is 16.3 Å². The van der Waals surface area contributed by atoms with E-state index in [9.17, 15) is 14.4 Å². The van der Waals surface area contributed by atoms with Crippen molar-refractivity contribution in [3.8, 4) is 0 Å². The van der Waals surface area contributed by atoms with Crippen molar-refractivity contribution >= 4 is 39.8 Å². The summed E-state index contributed by atoms with van der Waals surface area (Å²) in [4.78, 5) is 50.3. The van der Waals surface area contributed by atoms with E-state index in [1.165, 1.54) is 11.3 Å². The Hall–Kier alpha value is -2.63. The molecule has 0 spiro atoms. The highest BCUT2D eigenvalue weighted by atomic mass is 32.1. The Bertz CT molecular complexity index is 1070. The summed E-state index contributed by atoms with van der Waals surface area (Å²) in [5.74, 6) is -1.92. The number of hydrogen-bond donors (Lipinski definition) is 2. The van der Waals surface area contributed by atoms with Crippen LogP contribution in [0, 0.1) is 25.7 Å². The van der Waals surface area contributed by atoms with Crippen LogP contribution in [-0.2, 0) is 19.1 Å². The van der Waals surface area contributed by atoms with Gasteiger partial charge in [0.2, 0.25) is 10.9 Å². The Morgan fingerprint density at radius 2 is 2.16 bits per heavy atom. The third kappa shape index (κ3) is 2.66. The quantitative estimate of drug-likeness (QED) is 0.641. The third-order valence-corrected chi connectivity index (χ3v) is 7.74. The van der Waals surface area contributed by atoms with E-state index in [-0.39, 0.29) is 41.5 Å². The molecule has 5 rings (SSSR count). The van der Waals surface area contributed by atoms with E-state index in [0.717, 1.165) is 10.6 Å². The van der Waals surface area contributed by atoms with Crippen molar-refractivity contribution in [2.45, 2.75) is 38.6 Å². The molecular weight excluding hydrogens is 422 g/mol. The fraction of sp³-hybridized carbons (Fsp3) is 0.550. The zero-order chi connectivity index (χ0) is 22.2. The van der Waals surface area contributed by atoms with Gasteiger partial charge in [-0.1, -0.05) is 11.3 Å². The number of thiazole rings is 1. The molecule has 3 aliphatic heterocycles. The fourth-order valence-corrected chi connectivity index (χ4v) is 5.93. The van der Waals surface area contributed by atoms with Gasteiger partial charge in [-0.2, -0.15) is 0 Å². The summed E-state index contributed by atoms with van der Waals surface area (Å²) in [6, 6.07) is 0.0738. The van der Waals surface area contributed by atoms with Gasteiger partial charge >= 0.3 is 6.09 Å². The minimum atomic E-state index is -0.986. The monoisotopic (exact) mass is 445 g/mol. The van der Waals surface area contributed by atoms with Crippen molar-refractivity contribution in [2.24, 2.45) is 22.6 Å². The number of ether oxygens (including phenoxy) is 2. The van der Waals surface area contributed by atoms with Crippen molar-refractivity contribution in [1.29, 1.82) is 0 Å². The van der Waals surface area contributed by atoms with Gasteiger partial charge in [0.1, 0.15) is 12.3 Å². The van der Waals surface area contributed by atoms with Crippen LogP contribution in [0.5, 0.6) is 0 Å². The summed E-state index contributed by atoms with van der Waals surface area (Å²) in [6.45, 7) is 5.86. The van der Waals surface area contributed by atoms with E-state index in [1.807, 2.05) is 18.7 Å². The van der Waals surface area contributed by atoms with Crippen LogP contribution < -0.4 is 11.1 Å². The van der Waals surface area contributed by atoms with Gasteiger partial charge in [-0.25, -0.2) is 14.8 Å². The zero-order valence-electron chi connectivity index (χ0n) is 17.6. The minimum absolute atomic E-state index is 0.0786. The van der Waals surface area contributed by atoms with Crippen molar-refractivity contribution in [1.82, 2.24) is 15.2 Å². The van der Waals surface area contributed by atoms with Gasteiger partial charge in [0.25, 0.3) is 0 Å². The van der Waals surface area contributed by atoms with Crippen molar-refractivity contribution in [3.05, 3.63) is 21.8 Å². The zero-order valence-corrected chi connectivity index (χ0v) is 18.4. The second-order valence-electron chi connectivity index (χ2n) is 8.31. The Balaban J connectivity index is 1.62. The lowest BCUT2D eigenvalue weighted by Gasteiger charge is -2.39. The number of hydrogen-bond acceptors (Lipinski definition) is 10. The number of methoxy groups -OCH3 is 1. The highest BCUT2D eigenvalue weighted by molar-refractivity contribution is 7.15. The molecule has 164 valence electrons. The van der Waals surface area contributed by atoms with Gasteiger partial charge in [-0.3, -0.25) is 9.59 Å². The van der Waals surface area contributed by atoms with Crippen LogP contribution in [0.1, 0.15) is 17.5 Å². The van der Waals surface area contributed by atoms with E-state index in [4.69, 9.17) is 15.2 Å². The number of nitrogens with zero attached hydrogens (tertiary/aromatic N) is 3. The number of allylic oxidation sites excluding steroid dienone is 1. The van der Waals surface area contributed by atoms with Crippen LogP contribution in [0.4, 0.5) is 9.93 Å². The number of fused-ring (bicyclic) bond motifs is 4. The predicted octanol–water partition coefficient (Wildman–Crippen LogP) is 0.598. The number of ketones is 2. The molecule has 4 aliphatic rings. The van der Waals surface area contributed by atoms with Crippen LogP contribution in [0.25, 0.3) is 0 Å². The Morgan fingerprint density at radius 1 is 1.42 bits per heavy atom. The molecule has 0 bridgehead atoms. The lowest BCUT2D eigenvalue weighted by molar-refractivity contribution is -0.138. The maximum atomic E-state index is 13.7. The molecule has 31 heavy (non-hydrogen) atoms. The SMILES string of the molecule is COC12C(COC(N)=O)C3=C(C(=O)C(C)C(=Nc4nc(C)c(C)s4)C3=O)N1CC1NC12. The Kier molecular flexibility index (Phi) is 4.37. The molecule has 1 aliphatic carbocycles. The first-order valence-electron chi connectivity index (χ1n) is 10.1. The highest BCUT2D eigenvalue weighted by Crippen LogP contribution is 2.55. The molecule has 1 amide bonds. The maximum Gasteiger partial charge on any atom is 0.404 e. The van der Waals surface area contributed by atoms with Crippen LogP contribution in [0.2, 0.25) is 0 Å². The molecule has 3 N–H and O–H groups in total. The Labute approximate surface area is 182 Å². The van der Waals surface area contributed by atoms with Gasteiger partial charge in [0.15, 0.2) is 11.5 Å². The molecule has 1 aromatic rings. The van der Waals surface area contributed by atoms with Gasteiger partial charge in [-0.05, 0) is 20.8 Å². The molecule has 0 aromatic carbocycles. The number of Topliss-reactive ketones (excluding diaryl/α,β-unsaturated/α-hetero) is 2. The number of amides is 1. The van der Waals surface area contributed by atoms with Gasteiger partial charge < -0.3 is 25.4 Å². The number of nitrogens with two attached hydrogens (primary N) is 1. The lowest BCUT2D eigenvalue weighted by atomic mass is 9.78. The molecule has 10 nitrogen and oxygen atoms in total. The van der Waals surface area contributed by atoms with Gasteiger partial charge in [0.05, 0.1) is 29.3 Å². The summed E-state index contributed by atoms with van der Waals surface area (Å²) in [5.41, 5.74) is 5.83. The number of carbonyl (C=O) groups is 3. The second kappa shape index (κ2) is 6.68. The predicted molar refractivity (Wildman–Crippen MR) is 111 cm³/mol. The number of aromatic nitrogens is 1. The normalized spacial score (nSPS) is 34.8. The summed E-state index contributed by atoms with van der Waals surface area (Å²) in [5, 5.41) is 3.77. The molecule has 11 heteroatoms. The lowest BCUT2D eigenvalue weighted by Crippen LogP contribution is -2.55. The molecule has 2 fully saturated rings. The average molecular weight is 446 g/mol. The van der Waals surface area contributed by atoms with Gasteiger partial charge in [-0.15, -0.1) is 0 Å². The van der Waals surface area contributed by atoms with Crippen LogP contribution in [0.3, 0.4) is 0 Å². The molecule has 5 unspecified atom stereocenters. The van der Waals surface area contributed by atoms with Crippen LogP contribution >= 0.6 is 11.3 Å². The van der Waals surface area contributed by atoms with Crippen molar-refractivity contribution in [2.75, 3.05) is 20.3 Å². The van der Waals surface area contributed by atoms with Crippen LogP contribution in [-0.4, -0.2) is 71.3 Å². The maximum absolute atomic E-state index is 13.7. The summed E-state index contributed by atoms with van der Waals surface area (Å²) < 4.78 is 11.1. The number of rotatable bonds is 4.